The zero-order valence-electron chi connectivity index (χ0n) is 10.4. The van der Waals surface area contributed by atoms with Gasteiger partial charge in [0.25, 0.3) is 0 Å². The lowest BCUT2D eigenvalue weighted by atomic mass is 10.2. The standard InChI is InChI=1S/C14H13N3O3/c18-12-8-4-5-10(13(12)19)9-15-17-14(20)16-11-6-2-1-3-7-11/h1-9,18-19H,(H2,16,17,20)/b15-9+. The Kier molecular flexibility index (Phi) is 4.18. The van der Waals surface area contributed by atoms with Crippen LogP contribution in [0.3, 0.4) is 0 Å². The zero-order valence-corrected chi connectivity index (χ0v) is 10.4. The molecule has 2 amide bonds. The van der Waals surface area contributed by atoms with E-state index in [4.69, 9.17) is 0 Å². The summed E-state index contributed by atoms with van der Waals surface area (Å²) in [6.07, 6.45) is 1.24. The van der Waals surface area contributed by atoms with Crippen LogP contribution in [-0.2, 0) is 0 Å². The normalized spacial score (nSPS) is 10.4. The van der Waals surface area contributed by atoms with Gasteiger partial charge in [-0.2, -0.15) is 5.10 Å². The third-order valence-corrected chi connectivity index (χ3v) is 2.45. The van der Waals surface area contributed by atoms with Gasteiger partial charge in [0, 0.05) is 11.3 Å². The number of carbonyl (C=O) groups is 1. The first-order valence-corrected chi connectivity index (χ1v) is 5.83. The molecule has 2 rings (SSSR count). The second kappa shape index (κ2) is 6.24. The Morgan fingerprint density at radius 2 is 1.80 bits per heavy atom. The summed E-state index contributed by atoms with van der Waals surface area (Å²) in [5.41, 5.74) is 3.19. The van der Waals surface area contributed by atoms with Crippen LogP contribution >= 0.6 is 0 Å². The van der Waals surface area contributed by atoms with Gasteiger partial charge in [-0.25, -0.2) is 10.2 Å². The topological polar surface area (TPSA) is 94.0 Å². The number of anilines is 1. The van der Waals surface area contributed by atoms with Gasteiger partial charge in [-0.1, -0.05) is 24.3 Å². The van der Waals surface area contributed by atoms with Crippen molar-refractivity contribution in [2.24, 2.45) is 5.10 Å². The van der Waals surface area contributed by atoms with Crippen LogP contribution in [0.2, 0.25) is 0 Å². The molecule has 2 aromatic rings. The van der Waals surface area contributed by atoms with Crippen molar-refractivity contribution in [3.8, 4) is 11.5 Å². The molecule has 0 radical (unpaired) electrons. The van der Waals surface area contributed by atoms with Gasteiger partial charge in [-0.15, -0.1) is 0 Å². The maximum Gasteiger partial charge on any atom is 0.339 e. The fraction of sp³-hybridized carbons (Fsp3) is 0. The molecule has 0 aliphatic heterocycles. The summed E-state index contributed by atoms with van der Waals surface area (Å²) in [6, 6.07) is 12.9. The zero-order chi connectivity index (χ0) is 14.4. The number of hydrogen-bond acceptors (Lipinski definition) is 4. The lowest BCUT2D eigenvalue weighted by Crippen LogP contribution is -2.24. The number of hydrogen-bond donors (Lipinski definition) is 4. The van der Waals surface area contributed by atoms with E-state index in [2.05, 4.69) is 15.8 Å². The first kappa shape index (κ1) is 13.4. The van der Waals surface area contributed by atoms with Crippen LogP contribution in [-0.4, -0.2) is 22.5 Å². The maximum atomic E-state index is 11.5. The summed E-state index contributed by atoms with van der Waals surface area (Å²) in [4.78, 5) is 11.5. The largest absolute Gasteiger partial charge is 0.504 e. The van der Waals surface area contributed by atoms with E-state index >= 15 is 0 Å². The van der Waals surface area contributed by atoms with E-state index in [1.807, 2.05) is 6.07 Å². The second-order valence-corrected chi connectivity index (χ2v) is 3.91. The molecule has 0 aliphatic rings. The summed E-state index contributed by atoms with van der Waals surface area (Å²) in [5.74, 6) is -0.538. The molecule has 0 heterocycles. The number of phenolic OH excluding ortho intramolecular Hbond substituents is 2. The fourth-order valence-electron chi connectivity index (χ4n) is 1.49. The molecule has 6 heteroatoms. The minimum Gasteiger partial charge on any atom is -0.504 e. The number of urea groups is 1. The Hall–Kier alpha value is -3.02. The van der Waals surface area contributed by atoms with Crippen molar-refractivity contribution in [2.45, 2.75) is 0 Å². The Morgan fingerprint density at radius 3 is 2.55 bits per heavy atom. The van der Waals surface area contributed by atoms with E-state index in [0.717, 1.165) is 0 Å². The Bertz CT molecular complexity index is 627. The molecule has 20 heavy (non-hydrogen) atoms. The number of phenols is 2. The summed E-state index contributed by atoms with van der Waals surface area (Å²) in [7, 11) is 0. The van der Waals surface area contributed by atoms with Crippen LogP contribution in [0.15, 0.2) is 53.6 Å². The van der Waals surface area contributed by atoms with E-state index in [0.29, 0.717) is 11.3 Å². The number of rotatable bonds is 3. The van der Waals surface area contributed by atoms with Crippen molar-refractivity contribution in [2.75, 3.05) is 5.32 Å². The third kappa shape index (κ3) is 3.49. The molecule has 4 N–H and O–H groups in total. The first-order valence-electron chi connectivity index (χ1n) is 5.83. The summed E-state index contributed by atoms with van der Waals surface area (Å²) in [6.45, 7) is 0. The highest BCUT2D eigenvalue weighted by Gasteiger charge is 2.03. The van der Waals surface area contributed by atoms with Gasteiger partial charge in [0.1, 0.15) is 0 Å². The van der Waals surface area contributed by atoms with E-state index in [-0.39, 0.29) is 11.5 Å². The number of amides is 2. The SMILES string of the molecule is O=C(N/N=C/c1cccc(O)c1O)Nc1ccccc1. The highest BCUT2D eigenvalue weighted by atomic mass is 16.3. The summed E-state index contributed by atoms with van der Waals surface area (Å²) in [5, 5.41) is 25.1. The molecule has 102 valence electrons. The number of hydrazone groups is 1. The molecular formula is C14H13N3O3. The van der Waals surface area contributed by atoms with E-state index in [1.165, 1.54) is 12.3 Å². The van der Waals surface area contributed by atoms with Gasteiger partial charge < -0.3 is 15.5 Å². The summed E-state index contributed by atoms with van der Waals surface area (Å²) < 4.78 is 0. The minimum atomic E-state index is -0.507. The van der Waals surface area contributed by atoms with Gasteiger partial charge in [0.15, 0.2) is 11.5 Å². The van der Waals surface area contributed by atoms with E-state index in [9.17, 15) is 15.0 Å². The average Bonchev–Trinajstić information content (AvgIpc) is 2.44. The predicted molar refractivity (Wildman–Crippen MR) is 76.0 cm³/mol. The highest BCUT2D eigenvalue weighted by Crippen LogP contribution is 2.26. The Labute approximate surface area is 115 Å². The number of nitrogens with one attached hydrogen (secondary N) is 2. The van der Waals surface area contributed by atoms with E-state index in [1.54, 1.807) is 36.4 Å². The molecule has 0 unspecified atom stereocenters. The molecule has 0 aliphatic carbocycles. The molecule has 0 fully saturated rings. The summed E-state index contributed by atoms with van der Waals surface area (Å²) >= 11 is 0. The van der Waals surface area contributed by atoms with Crippen molar-refractivity contribution in [3.05, 3.63) is 54.1 Å². The number of carbonyl (C=O) groups excluding carboxylic acids is 1. The average molecular weight is 271 g/mol. The molecule has 2 aromatic carbocycles. The second-order valence-electron chi connectivity index (χ2n) is 3.91. The minimum absolute atomic E-state index is 0.248. The molecular weight excluding hydrogens is 258 g/mol. The van der Waals surface area contributed by atoms with Gasteiger partial charge in [-0.05, 0) is 24.3 Å². The van der Waals surface area contributed by atoms with E-state index < -0.39 is 6.03 Å². The van der Waals surface area contributed by atoms with Crippen LogP contribution in [0.5, 0.6) is 11.5 Å². The van der Waals surface area contributed by atoms with Gasteiger partial charge in [-0.3, -0.25) is 0 Å². The van der Waals surface area contributed by atoms with Crippen LogP contribution in [0, 0.1) is 0 Å². The molecule has 0 saturated heterocycles. The van der Waals surface area contributed by atoms with Gasteiger partial charge in [0.05, 0.1) is 6.21 Å². The van der Waals surface area contributed by atoms with Crippen LogP contribution in [0.1, 0.15) is 5.56 Å². The quantitative estimate of drug-likeness (QED) is 0.392. The van der Waals surface area contributed by atoms with Crippen LogP contribution in [0.25, 0.3) is 0 Å². The smallest absolute Gasteiger partial charge is 0.339 e. The predicted octanol–water partition coefficient (Wildman–Crippen LogP) is 2.25. The van der Waals surface area contributed by atoms with Crippen LogP contribution in [0.4, 0.5) is 10.5 Å². The molecule has 6 nitrogen and oxygen atoms in total. The van der Waals surface area contributed by atoms with Gasteiger partial charge >= 0.3 is 6.03 Å². The van der Waals surface area contributed by atoms with Gasteiger partial charge in [0.2, 0.25) is 0 Å². The monoisotopic (exact) mass is 271 g/mol. The molecule has 0 atom stereocenters. The lowest BCUT2D eigenvalue weighted by molar-refractivity contribution is 0.252. The highest BCUT2D eigenvalue weighted by molar-refractivity contribution is 5.91. The Balaban J connectivity index is 1.93. The molecule has 0 aromatic heterocycles. The van der Waals surface area contributed by atoms with Crippen molar-refractivity contribution < 1.29 is 15.0 Å². The number of benzene rings is 2. The third-order valence-electron chi connectivity index (χ3n) is 2.45. The number of aromatic hydroxyl groups is 2. The first-order chi connectivity index (χ1) is 9.66. The molecule has 0 bridgehead atoms. The van der Waals surface area contributed by atoms with Crippen molar-refractivity contribution >= 4 is 17.9 Å². The maximum absolute atomic E-state index is 11.5. The van der Waals surface area contributed by atoms with Crippen LogP contribution < -0.4 is 10.7 Å². The van der Waals surface area contributed by atoms with Crippen molar-refractivity contribution in [1.82, 2.24) is 5.43 Å². The van der Waals surface area contributed by atoms with Crippen molar-refractivity contribution in [1.29, 1.82) is 0 Å². The number of para-hydroxylation sites is 2. The number of nitrogens with zero attached hydrogens (tertiary/aromatic N) is 1. The lowest BCUT2D eigenvalue weighted by Gasteiger charge is -2.03. The Morgan fingerprint density at radius 1 is 1.05 bits per heavy atom. The molecule has 0 saturated carbocycles. The fourth-order valence-corrected chi connectivity index (χ4v) is 1.49. The molecule has 0 spiro atoms. The van der Waals surface area contributed by atoms with Crippen molar-refractivity contribution in [3.63, 3.8) is 0 Å².